The first-order valence-electron chi connectivity index (χ1n) is 9.99. The highest BCUT2D eigenvalue weighted by Gasteiger charge is 2.24. The molecule has 4 aromatic rings. The van der Waals surface area contributed by atoms with Crippen molar-refractivity contribution in [2.45, 2.75) is 32.9 Å². The van der Waals surface area contributed by atoms with E-state index in [2.05, 4.69) is 74.0 Å². The summed E-state index contributed by atoms with van der Waals surface area (Å²) < 4.78 is 7.83. The molecule has 0 atom stereocenters. The molecule has 5 rings (SSSR count). The van der Waals surface area contributed by atoms with E-state index in [9.17, 15) is 0 Å². The molecule has 0 amide bonds. The molecule has 0 saturated heterocycles. The van der Waals surface area contributed by atoms with Crippen molar-refractivity contribution in [3.8, 4) is 11.4 Å². The van der Waals surface area contributed by atoms with Crippen molar-refractivity contribution in [2.24, 2.45) is 0 Å². The van der Waals surface area contributed by atoms with Crippen LogP contribution in [0.2, 0.25) is 0 Å². The smallest absolute Gasteiger partial charge is 0.324 e. The third kappa shape index (κ3) is 3.66. The number of nitrogens with zero attached hydrogens (tertiary/aromatic N) is 5. The lowest BCUT2D eigenvalue weighted by molar-refractivity contribution is 0.409. The second-order valence-electron chi connectivity index (χ2n) is 7.51. The molecule has 0 N–H and O–H groups in total. The normalized spacial score (nSPS) is 13.5. The highest BCUT2D eigenvalue weighted by molar-refractivity contribution is 5.56. The number of hydrogen-bond donors (Lipinski definition) is 0. The first-order valence-corrected chi connectivity index (χ1v) is 9.99. The van der Waals surface area contributed by atoms with Crippen LogP contribution in [-0.2, 0) is 25.9 Å². The lowest BCUT2D eigenvalue weighted by atomic mass is 10.1. The maximum absolute atomic E-state index is 5.55. The Hall–Kier alpha value is -3.41. The molecule has 0 unspecified atom stereocenters. The summed E-state index contributed by atoms with van der Waals surface area (Å²) in [6, 6.07) is 19.3. The van der Waals surface area contributed by atoms with Gasteiger partial charge in [-0.25, -0.2) is 4.98 Å². The van der Waals surface area contributed by atoms with Gasteiger partial charge in [0.1, 0.15) is 0 Å². The molecule has 1 aliphatic heterocycles. The van der Waals surface area contributed by atoms with Gasteiger partial charge >= 0.3 is 6.01 Å². The zero-order chi connectivity index (χ0) is 19.6. The summed E-state index contributed by atoms with van der Waals surface area (Å²) >= 11 is 0. The minimum Gasteiger partial charge on any atom is -0.334 e. The van der Waals surface area contributed by atoms with Crippen LogP contribution in [0, 0.1) is 6.92 Å². The molecule has 0 saturated carbocycles. The van der Waals surface area contributed by atoms with Gasteiger partial charge in [0.2, 0.25) is 5.82 Å². The Morgan fingerprint density at radius 3 is 2.69 bits per heavy atom. The number of anilines is 1. The number of aryl methyl sites for hydroxylation is 3. The van der Waals surface area contributed by atoms with E-state index in [1.807, 2.05) is 18.5 Å². The summed E-state index contributed by atoms with van der Waals surface area (Å²) in [6.07, 6.45) is 3.89. The van der Waals surface area contributed by atoms with Crippen LogP contribution in [0.4, 0.5) is 6.01 Å². The van der Waals surface area contributed by atoms with E-state index in [4.69, 9.17) is 4.52 Å². The second-order valence-corrected chi connectivity index (χ2v) is 7.51. The molecule has 3 heterocycles. The topological polar surface area (TPSA) is 60.0 Å². The molecule has 0 radical (unpaired) electrons. The van der Waals surface area contributed by atoms with Crippen LogP contribution >= 0.6 is 0 Å². The minimum absolute atomic E-state index is 0.560. The fourth-order valence-electron chi connectivity index (χ4n) is 3.78. The molecule has 0 fully saturated rings. The van der Waals surface area contributed by atoms with E-state index in [1.165, 1.54) is 16.8 Å². The molecule has 0 bridgehead atoms. The first-order chi connectivity index (χ1) is 14.3. The second kappa shape index (κ2) is 7.54. The summed E-state index contributed by atoms with van der Waals surface area (Å²) in [7, 11) is 0. The average Bonchev–Trinajstić information content (AvgIpc) is 3.41. The van der Waals surface area contributed by atoms with Gasteiger partial charge in [-0.1, -0.05) is 65.3 Å². The lowest BCUT2D eigenvalue weighted by Crippen LogP contribution is -2.31. The Kier molecular flexibility index (Phi) is 4.60. The van der Waals surface area contributed by atoms with Crippen molar-refractivity contribution in [1.82, 2.24) is 19.7 Å². The van der Waals surface area contributed by atoms with Gasteiger partial charge in [-0.15, -0.1) is 0 Å². The van der Waals surface area contributed by atoms with Crippen LogP contribution in [0.15, 0.2) is 65.4 Å². The molecule has 2 aromatic carbocycles. The number of aromatic nitrogens is 4. The highest BCUT2D eigenvalue weighted by Crippen LogP contribution is 2.25. The fourth-order valence-corrected chi connectivity index (χ4v) is 3.78. The Morgan fingerprint density at radius 1 is 1.03 bits per heavy atom. The Balaban J connectivity index is 1.28. The maximum atomic E-state index is 5.55. The molecular weight excluding hydrogens is 362 g/mol. The van der Waals surface area contributed by atoms with Gasteiger partial charge in [0.05, 0.1) is 18.6 Å². The quantitative estimate of drug-likeness (QED) is 0.519. The van der Waals surface area contributed by atoms with Gasteiger partial charge in [-0.3, -0.25) is 0 Å². The number of rotatable bonds is 5. The summed E-state index contributed by atoms with van der Waals surface area (Å²) in [5.74, 6) is 0.624. The number of benzene rings is 2. The predicted molar refractivity (Wildman–Crippen MR) is 112 cm³/mol. The first kappa shape index (κ1) is 17.7. The summed E-state index contributed by atoms with van der Waals surface area (Å²) in [4.78, 5) is 11.4. The maximum Gasteiger partial charge on any atom is 0.324 e. The SMILES string of the molecule is Cc1ccc(-c2noc(N3CCc4c(ncn4CCc4ccccc4)C3)n2)cc1. The Morgan fingerprint density at radius 2 is 1.86 bits per heavy atom. The molecule has 29 heavy (non-hydrogen) atoms. The number of imidazole rings is 1. The van der Waals surface area contributed by atoms with Gasteiger partial charge in [0.25, 0.3) is 0 Å². The van der Waals surface area contributed by atoms with Crippen LogP contribution in [0.25, 0.3) is 11.4 Å². The highest BCUT2D eigenvalue weighted by atomic mass is 16.5. The summed E-state index contributed by atoms with van der Waals surface area (Å²) in [5, 5.41) is 4.16. The molecule has 146 valence electrons. The zero-order valence-corrected chi connectivity index (χ0v) is 16.5. The van der Waals surface area contributed by atoms with E-state index >= 15 is 0 Å². The molecule has 0 aliphatic carbocycles. The van der Waals surface area contributed by atoms with E-state index < -0.39 is 0 Å². The van der Waals surface area contributed by atoms with E-state index in [1.54, 1.807) is 0 Å². The molecule has 2 aromatic heterocycles. The van der Waals surface area contributed by atoms with Crippen LogP contribution in [-0.4, -0.2) is 26.2 Å². The molecule has 1 aliphatic rings. The van der Waals surface area contributed by atoms with Crippen LogP contribution < -0.4 is 4.90 Å². The molecule has 6 heteroatoms. The third-order valence-corrected chi connectivity index (χ3v) is 5.47. The van der Waals surface area contributed by atoms with Crippen LogP contribution in [0.5, 0.6) is 0 Å². The third-order valence-electron chi connectivity index (χ3n) is 5.47. The van der Waals surface area contributed by atoms with E-state index in [0.29, 0.717) is 18.4 Å². The van der Waals surface area contributed by atoms with Crippen molar-refractivity contribution in [3.05, 3.63) is 83.4 Å². The van der Waals surface area contributed by atoms with Gasteiger partial charge in [-0.05, 0) is 18.9 Å². The average molecular weight is 385 g/mol. The van der Waals surface area contributed by atoms with Gasteiger partial charge < -0.3 is 14.0 Å². The van der Waals surface area contributed by atoms with Gasteiger partial charge in [0, 0.05) is 30.8 Å². The van der Waals surface area contributed by atoms with E-state index in [-0.39, 0.29) is 0 Å². The molecule has 6 nitrogen and oxygen atoms in total. The lowest BCUT2D eigenvalue weighted by Gasteiger charge is -2.25. The standard InChI is InChI=1S/C23H23N5O/c1-17-7-9-19(10-8-17)22-25-23(29-26-22)27-14-12-21-20(15-27)24-16-28(21)13-11-18-5-3-2-4-6-18/h2-10,16H,11-15H2,1H3. The van der Waals surface area contributed by atoms with Crippen LogP contribution in [0.1, 0.15) is 22.5 Å². The largest absolute Gasteiger partial charge is 0.334 e. The molecule has 0 spiro atoms. The van der Waals surface area contributed by atoms with Crippen molar-refractivity contribution in [2.75, 3.05) is 11.4 Å². The van der Waals surface area contributed by atoms with Crippen LogP contribution in [0.3, 0.4) is 0 Å². The Bertz CT molecular complexity index is 1100. The van der Waals surface area contributed by atoms with Crippen molar-refractivity contribution in [1.29, 1.82) is 0 Å². The fraction of sp³-hybridized carbons (Fsp3) is 0.261. The summed E-state index contributed by atoms with van der Waals surface area (Å²) in [5.41, 5.74) is 5.94. The zero-order valence-electron chi connectivity index (χ0n) is 16.5. The van der Waals surface area contributed by atoms with Crippen molar-refractivity contribution >= 4 is 6.01 Å². The monoisotopic (exact) mass is 385 g/mol. The number of fused-ring (bicyclic) bond motifs is 1. The number of hydrogen-bond acceptors (Lipinski definition) is 5. The van der Waals surface area contributed by atoms with Crippen molar-refractivity contribution < 1.29 is 4.52 Å². The van der Waals surface area contributed by atoms with Gasteiger partial charge in [-0.2, -0.15) is 4.98 Å². The van der Waals surface area contributed by atoms with E-state index in [0.717, 1.165) is 37.2 Å². The van der Waals surface area contributed by atoms with Gasteiger partial charge in [0.15, 0.2) is 0 Å². The predicted octanol–water partition coefficient (Wildman–Crippen LogP) is 4.05. The van der Waals surface area contributed by atoms with Crippen molar-refractivity contribution in [3.63, 3.8) is 0 Å². The summed E-state index contributed by atoms with van der Waals surface area (Å²) in [6.45, 7) is 4.56. The Labute approximate surface area is 169 Å². The minimum atomic E-state index is 0.560. The molecular formula is C23H23N5O.